The van der Waals surface area contributed by atoms with Gasteiger partial charge < -0.3 is 9.47 Å². The maximum atomic E-state index is 12.6. The van der Waals surface area contributed by atoms with Gasteiger partial charge in [0.25, 0.3) is 0 Å². The number of methoxy groups -OCH3 is 2. The first-order valence-corrected chi connectivity index (χ1v) is 9.55. The minimum atomic E-state index is -3.54. The van der Waals surface area contributed by atoms with E-state index in [-0.39, 0.29) is 0 Å². The molecule has 5 nitrogen and oxygen atoms in total. The fraction of sp³-hybridized carbons (Fsp3) is 0.368. The summed E-state index contributed by atoms with van der Waals surface area (Å²) in [6, 6.07) is 9.34. The van der Waals surface area contributed by atoms with Crippen molar-refractivity contribution < 1.29 is 17.9 Å². The zero-order chi connectivity index (χ0) is 18.6. The lowest BCUT2D eigenvalue weighted by Crippen LogP contribution is -2.27. The van der Waals surface area contributed by atoms with Crippen LogP contribution in [-0.4, -0.2) is 29.2 Å². The Bertz CT molecular complexity index is 837. The van der Waals surface area contributed by atoms with Gasteiger partial charge in [0.05, 0.1) is 19.1 Å². The lowest BCUT2D eigenvalue weighted by Gasteiger charge is -2.13. The highest BCUT2D eigenvalue weighted by molar-refractivity contribution is 7.89. The Balaban J connectivity index is 2.11. The van der Waals surface area contributed by atoms with Crippen molar-refractivity contribution in [1.82, 2.24) is 4.72 Å². The van der Waals surface area contributed by atoms with E-state index in [0.29, 0.717) is 29.4 Å². The molecule has 0 unspecified atom stereocenters. The summed E-state index contributed by atoms with van der Waals surface area (Å²) >= 11 is 0. The maximum absolute atomic E-state index is 12.6. The summed E-state index contributed by atoms with van der Waals surface area (Å²) in [5.74, 6) is 1.28. The third kappa shape index (κ3) is 4.52. The quantitative estimate of drug-likeness (QED) is 0.821. The Hall–Kier alpha value is -2.05. The minimum absolute atomic E-state index is 0.310. The lowest BCUT2D eigenvalue weighted by molar-refractivity contribution is 0.354. The van der Waals surface area contributed by atoms with Crippen LogP contribution >= 0.6 is 0 Å². The molecule has 0 bridgehead atoms. The van der Waals surface area contributed by atoms with Gasteiger partial charge in [0.2, 0.25) is 10.0 Å². The summed E-state index contributed by atoms with van der Waals surface area (Å²) in [5, 5.41) is 0. The summed E-state index contributed by atoms with van der Waals surface area (Å²) in [5.41, 5.74) is 3.55. The summed E-state index contributed by atoms with van der Waals surface area (Å²) < 4.78 is 38.5. The predicted octanol–water partition coefficient (Wildman–Crippen LogP) is 3.15. The molecule has 0 spiro atoms. The second-order valence-electron chi connectivity index (χ2n) is 6.06. The summed E-state index contributed by atoms with van der Waals surface area (Å²) in [6.07, 6.45) is 0.559. The molecule has 0 aromatic heterocycles. The number of rotatable bonds is 7. The van der Waals surface area contributed by atoms with Gasteiger partial charge in [-0.05, 0) is 56.0 Å². The SMILES string of the molecule is COc1ccc(CCNS(=O)(=O)c2c(C)cc(C)cc2C)cc1OC. The Morgan fingerprint density at radius 3 is 2.08 bits per heavy atom. The molecule has 0 fully saturated rings. The molecular weight excluding hydrogens is 338 g/mol. The molecule has 0 radical (unpaired) electrons. The molecule has 2 rings (SSSR count). The van der Waals surface area contributed by atoms with E-state index >= 15 is 0 Å². The van der Waals surface area contributed by atoms with Crippen LogP contribution in [0.5, 0.6) is 11.5 Å². The van der Waals surface area contributed by atoms with Crippen LogP contribution in [-0.2, 0) is 16.4 Å². The maximum Gasteiger partial charge on any atom is 0.241 e. The van der Waals surface area contributed by atoms with Crippen LogP contribution in [0.2, 0.25) is 0 Å². The molecular formula is C19H25NO4S. The Morgan fingerprint density at radius 2 is 1.52 bits per heavy atom. The van der Waals surface area contributed by atoms with Gasteiger partial charge in [0.15, 0.2) is 11.5 Å². The first kappa shape index (κ1) is 19.3. The summed E-state index contributed by atoms with van der Waals surface area (Å²) in [4.78, 5) is 0.366. The van der Waals surface area contributed by atoms with Gasteiger partial charge in [-0.25, -0.2) is 13.1 Å². The van der Waals surface area contributed by atoms with Gasteiger partial charge in [-0.2, -0.15) is 0 Å². The average Bonchev–Trinajstić information content (AvgIpc) is 2.53. The highest BCUT2D eigenvalue weighted by atomic mass is 32.2. The van der Waals surface area contributed by atoms with Crippen LogP contribution in [0.3, 0.4) is 0 Å². The van der Waals surface area contributed by atoms with Gasteiger partial charge >= 0.3 is 0 Å². The van der Waals surface area contributed by atoms with Crippen molar-refractivity contribution in [1.29, 1.82) is 0 Å². The van der Waals surface area contributed by atoms with E-state index in [1.165, 1.54) is 0 Å². The van der Waals surface area contributed by atoms with Crippen LogP contribution in [0.25, 0.3) is 0 Å². The van der Waals surface area contributed by atoms with E-state index in [0.717, 1.165) is 22.3 Å². The molecule has 0 amide bonds. The topological polar surface area (TPSA) is 64.6 Å². The highest BCUT2D eigenvalue weighted by Crippen LogP contribution is 2.27. The number of ether oxygens (including phenoxy) is 2. The van der Waals surface area contributed by atoms with Crippen molar-refractivity contribution in [3.05, 3.63) is 52.6 Å². The normalized spacial score (nSPS) is 11.4. The monoisotopic (exact) mass is 363 g/mol. The average molecular weight is 363 g/mol. The third-order valence-electron chi connectivity index (χ3n) is 4.03. The predicted molar refractivity (Wildman–Crippen MR) is 99.1 cm³/mol. The molecule has 25 heavy (non-hydrogen) atoms. The van der Waals surface area contributed by atoms with Gasteiger partial charge in [-0.15, -0.1) is 0 Å². The van der Waals surface area contributed by atoms with Crippen LogP contribution in [0.1, 0.15) is 22.3 Å². The highest BCUT2D eigenvalue weighted by Gasteiger charge is 2.19. The molecule has 0 aliphatic heterocycles. The van der Waals surface area contributed by atoms with Gasteiger partial charge in [-0.3, -0.25) is 0 Å². The zero-order valence-corrected chi connectivity index (χ0v) is 16.2. The number of sulfonamides is 1. The van der Waals surface area contributed by atoms with Gasteiger partial charge in [-0.1, -0.05) is 23.8 Å². The molecule has 0 heterocycles. The molecule has 1 N–H and O–H groups in total. The Morgan fingerprint density at radius 1 is 0.920 bits per heavy atom. The fourth-order valence-electron chi connectivity index (χ4n) is 3.03. The molecule has 2 aromatic rings. The fourth-order valence-corrected chi connectivity index (χ4v) is 4.51. The Kier molecular flexibility index (Phi) is 6.08. The van der Waals surface area contributed by atoms with Gasteiger partial charge in [0.1, 0.15) is 0 Å². The number of nitrogens with one attached hydrogen (secondary N) is 1. The van der Waals surface area contributed by atoms with Crippen molar-refractivity contribution in [3.63, 3.8) is 0 Å². The molecule has 0 aliphatic carbocycles. The molecule has 6 heteroatoms. The minimum Gasteiger partial charge on any atom is -0.493 e. The smallest absolute Gasteiger partial charge is 0.241 e. The summed E-state index contributed by atoms with van der Waals surface area (Å²) in [7, 11) is -0.385. The van der Waals surface area contributed by atoms with Crippen molar-refractivity contribution in [2.75, 3.05) is 20.8 Å². The zero-order valence-electron chi connectivity index (χ0n) is 15.3. The lowest BCUT2D eigenvalue weighted by atomic mass is 10.1. The number of benzene rings is 2. The van der Waals surface area contributed by atoms with E-state index in [9.17, 15) is 8.42 Å². The van der Waals surface area contributed by atoms with Crippen LogP contribution in [0.15, 0.2) is 35.2 Å². The largest absolute Gasteiger partial charge is 0.493 e. The van der Waals surface area contributed by atoms with Crippen molar-refractivity contribution >= 4 is 10.0 Å². The first-order chi connectivity index (χ1) is 11.8. The molecule has 0 saturated carbocycles. The van der Waals surface area contributed by atoms with E-state index in [1.807, 2.05) is 51.1 Å². The molecule has 136 valence electrons. The molecule has 2 aromatic carbocycles. The van der Waals surface area contributed by atoms with Crippen molar-refractivity contribution in [2.24, 2.45) is 0 Å². The van der Waals surface area contributed by atoms with Gasteiger partial charge in [0, 0.05) is 6.54 Å². The van der Waals surface area contributed by atoms with E-state index in [4.69, 9.17) is 9.47 Å². The van der Waals surface area contributed by atoms with Crippen LogP contribution in [0, 0.1) is 20.8 Å². The number of aryl methyl sites for hydroxylation is 3. The van der Waals surface area contributed by atoms with Crippen LogP contribution in [0.4, 0.5) is 0 Å². The van der Waals surface area contributed by atoms with E-state index in [2.05, 4.69) is 4.72 Å². The third-order valence-corrected chi connectivity index (χ3v) is 5.79. The van der Waals surface area contributed by atoms with Crippen molar-refractivity contribution in [3.8, 4) is 11.5 Å². The molecule has 0 atom stereocenters. The molecule has 0 aliphatic rings. The Labute approximate surface area is 150 Å². The van der Waals surface area contributed by atoms with Crippen molar-refractivity contribution in [2.45, 2.75) is 32.1 Å². The molecule has 0 saturated heterocycles. The van der Waals surface area contributed by atoms with E-state index in [1.54, 1.807) is 14.2 Å². The second kappa shape index (κ2) is 7.89. The standard InChI is InChI=1S/C19H25NO4S/c1-13-10-14(2)19(15(3)11-13)25(21,22)20-9-8-16-6-7-17(23-4)18(12-16)24-5/h6-7,10-12,20H,8-9H2,1-5H3. The summed E-state index contributed by atoms with van der Waals surface area (Å²) in [6.45, 7) is 5.91. The van der Waals surface area contributed by atoms with Crippen LogP contribution < -0.4 is 14.2 Å². The number of hydrogen-bond acceptors (Lipinski definition) is 4. The first-order valence-electron chi connectivity index (χ1n) is 8.07. The number of hydrogen-bond donors (Lipinski definition) is 1. The second-order valence-corrected chi connectivity index (χ2v) is 7.77. The van der Waals surface area contributed by atoms with E-state index < -0.39 is 10.0 Å².